The molecule has 0 bridgehead atoms. The zero-order valence-corrected chi connectivity index (χ0v) is 67.4. The normalized spacial score (nSPS) is 11.1. The highest BCUT2D eigenvalue weighted by molar-refractivity contribution is 5.75. The SMILES string of the molecule is C.C.C.COc1ccccc1OC(C(=O)O)C(O)c1ccc(C)c(C)c1.COc1ccccc1OC(C=O)C(O)c1ccc(C)c(C)c1.COc1ccccc1OC(CO)C(O)c1ccc(C)c(C)c1.COc1ccccc1OCC(=O)O.COc1ccccc1OCC=O.COc1ccccc1OCC=O.Cc1ccc(C=O)cc1C.O.O. The molecule has 0 spiro atoms. The highest BCUT2D eigenvalue weighted by Gasteiger charge is 2.32. The number of ether oxygens (including phenoxy) is 12. The van der Waals surface area contributed by atoms with Crippen LogP contribution in [0.15, 0.2) is 218 Å². The molecular formula is C93H118O26. The number of para-hydroxylation sites is 12. The van der Waals surface area contributed by atoms with Gasteiger partial charge in [0.15, 0.2) is 107 Å². The fourth-order valence-electron chi connectivity index (χ4n) is 10.1. The van der Waals surface area contributed by atoms with Crippen LogP contribution in [-0.4, -0.2) is 166 Å². The number of carboxylic acid groups (broad SMARTS) is 2. The van der Waals surface area contributed by atoms with E-state index in [2.05, 4.69) is 0 Å². The van der Waals surface area contributed by atoms with Gasteiger partial charge < -0.3 is 98.4 Å². The van der Waals surface area contributed by atoms with Crippen LogP contribution in [0.5, 0.6) is 69.0 Å². The molecule has 0 heterocycles. The first-order valence-electron chi connectivity index (χ1n) is 35.6. The zero-order valence-electron chi connectivity index (χ0n) is 67.4. The van der Waals surface area contributed by atoms with Crippen LogP contribution in [0.1, 0.15) is 112 Å². The van der Waals surface area contributed by atoms with Gasteiger partial charge in [0.05, 0.1) is 49.3 Å². The summed E-state index contributed by atoms with van der Waals surface area (Å²) >= 11 is 0. The van der Waals surface area contributed by atoms with Crippen LogP contribution in [0.4, 0.5) is 0 Å². The summed E-state index contributed by atoms with van der Waals surface area (Å²) in [5, 5.41) is 58.7. The largest absolute Gasteiger partial charge is 0.493 e. The molecule has 119 heavy (non-hydrogen) atoms. The number of carboxylic acids is 2. The third-order valence-electron chi connectivity index (χ3n) is 17.0. The van der Waals surface area contributed by atoms with Gasteiger partial charge >= 0.3 is 11.9 Å². The Labute approximate surface area is 698 Å². The van der Waals surface area contributed by atoms with Gasteiger partial charge in [-0.2, -0.15) is 0 Å². The van der Waals surface area contributed by atoms with Gasteiger partial charge in [0, 0.05) is 5.56 Å². The lowest BCUT2D eigenvalue weighted by atomic mass is 9.99. The minimum absolute atomic E-state index is 0. The van der Waals surface area contributed by atoms with Crippen molar-refractivity contribution in [1.29, 1.82) is 0 Å². The molecule has 0 radical (unpaired) electrons. The quantitative estimate of drug-likeness (QED) is 0.0220. The summed E-state index contributed by atoms with van der Waals surface area (Å²) < 4.78 is 62.5. The van der Waals surface area contributed by atoms with E-state index in [4.69, 9.17) is 61.9 Å². The van der Waals surface area contributed by atoms with Crippen LogP contribution in [0.3, 0.4) is 0 Å². The number of aryl methyl sites for hydroxylation is 8. The summed E-state index contributed by atoms with van der Waals surface area (Å²) in [6, 6.07) is 64.5. The monoisotopic (exact) mass is 1650 g/mol. The summed E-state index contributed by atoms with van der Waals surface area (Å²) in [5.74, 6) is 3.84. The molecule has 26 nitrogen and oxygen atoms in total. The predicted octanol–water partition coefficient (Wildman–Crippen LogP) is 14.7. The molecule has 10 N–H and O–H groups in total. The van der Waals surface area contributed by atoms with Crippen molar-refractivity contribution in [3.8, 4) is 69.0 Å². The van der Waals surface area contributed by atoms with Crippen LogP contribution >= 0.6 is 0 Å². The van der Waals surface area contributed by atoms with Gasteiger partial charge in [-0.05, 0) is 195 Å². The Kier molecular flexibility index (Phi) is 53.6. The second-order valence-electron chi connectivity index (χ2n) is 24.8. The number of aldehydes is 4. The minimum Gasteiger partial charge on any atom is -0.493 e. The van der Waals surface area contributed by atoms with E-state index in [0.717, 1.165) is 50.8 Å². The lowest BCUT2D eigenvalue weighted by Gasteiger charge is -2.24. The van der Waals surface area contributed by atoms with Crippen molar-refractivity contribution in [2.24, 2.45) is 0 Å². The average molecular weight is 1650 g/mol. The summed E-state index contributed by atoms with van der Waals surface area (Å²) in [4.78, 5) is 63.4. The highest BCUT2D eigenvalue weighted by atomic mass is 16.6. The molecule has 0 saturated carbocycles. The van der Waals surface area contributed by atoms with Crippen LogP contribution in [0.2, 0.25) is 0 Å². The second-order valence-corrected chi connectivity index (χ2v) is 24.8. The third-order valence-corrected chi connectivity index (χ3v) is 17.0. The Bertz CT molecular complexity index is 4550. The van der Waals surface area contributed by atoms with Crippen molar-refractivity contribution >= 4 is 37.1 Å². The van der Waals surface area contributed by atoms with Crippen molar-refractivity contribution in [3.63, 3.8) is 0 Å². The number of methoxy groups -OCH3 is 6. The Morgan fingerprint density at radius 2 is 0.630 bits per heavy atom. The molecule has 10 rings (SSSR count). The molecule has 6 atom stereocenters. The molecule has 0 aliphatic heterocycles. The number of benzene rings is 10. The Balaban J connectivity index is 0. The van der Waals surface area contributed by atoms with Crippen LogP contribution in [0.25, 0.3) is 0 Å². The predicted molar refractivity (Wildman–Crippen MR) is 460 cm³/mol. The molecule has 0 aliphatic carbocycles. The molecule has 10 aromatic rings. The fraction of sp³-hybridized carbons (Fsp3) is 0.290. The lowest BCUT2D eigenvalue weighted by Crippen LogP contribution is -2.34. The van der Waals surface area contributed by atoms with Crippen molar-refractivity contribution in [1.82, 2.24) is 0 Å². The van der Waals surface area contributed by atoms with Gasteiger partial charge in [0.25, 0.3) is 0 Å². The number of hydrogen-bond acceptors (Lipinski definition) is 22. The van der Waals surface area contributed by atoms with E-state index in [0.29, 0.717) is 93.2 Å². The van der Waals surface area contributed by atoms with Gasteiger partial charge in [0.2, 0.25) is 6.10 Å². The molecule has 0 fully saturated rings. The molecule has 6 unspecified atom stereocenters. The molecule has 10 aromatic carbocycles. The van der Waals surface area contributed by atoms with Crippen molar-refractivity contribution < 1.29 is 127 Å². The zero-order chi connectivity index (χ0) is 84.1. The fourth-order valence-corrected chi connectivity index (χ4v) is 10.1. The first-order chi connectivity index (χ1) is 54.8. The maximum Gasteiger partial charge on any atom is 0.348 e. The van der Waals surface area contributed by atoms with Gasteiger partial charge in [-0.25, -0.2) is 9.59 Å². The lowest BCUT2D eigenvalue weighted by molar-refractivity contribution is -0.151. The summed E-state index contributed by atoms with van der Waals surface area (Å²) in [6.07, 6.45) is -3.59. The number of aliphatic carboxylic acids is 2. The van der Waals surface area contributed by atoms with E-state index in [-0.39, 0.29) is 65.4 Å². The van der Waals surface area contributed by atoms with Crippen LogP contribution in [-0.2, 0) is 24.0 Å². The molecule has 0 amide bonds. The number of rotatable bonds is 31. The number of aliphatic hydroxyl groups is 4. The molecular weight excluding hydrogens is 1530 g/mol. The molecule has 646 valence electrons. The summed E-state index contributed by atoms with van der Waals surface area (Å²) in [5.41, 5.74) is 11.5. The van der Waals surface area contributed by atoms with E-state index in [1.165, 1.54) is 32.5 Å². The van der Waals surface area contributed by atoms with E-state index >= 15 is 0 Å². The van der Waals surface area contributed by atoms with Crippen LogP contribution < -0.4 is 56.8 Å². The first kappa shape index (κ1) is 108. The number of carbonyl (C=O) groups is 6. The minimum atomic E-state index is -1.44. The Morgan fingerprint density at radius 3 is 0.924 bits per heavy atom. The smallest absolute Gasteiger partial charge is 0.348 e. The average Bonchev–Trinajstić information content (AvgIpc) is 0.827. The van der Waals surface area contributed by atoms with Gasteiger partial charge in [0.1, 0.15) is 37.8 Å². The summed E-state index contributed by atoms with van der Waals surface area (Å²) in [7, 11) is 9.17. The van der Waals surface area contributed by atoms with E-state index in [9.17, 15) is 54.3 Å². The second kappa shape index (κ2) is 58.9. The third kappa shape index (κ3) is 36.1. The van der Waals surface area contributed by atoms with E-state index in [1.54, 1.807) is 149 Å². The Hall–Kier alpha value is -12.8. The number of hydrogen-bond donors (Lipinski definition) is 6. The molecule has 0 aliphatic rings. The van der Waals surface area contributed by atoms with Crippen LogP contribution in [0, 0.1) is 55.4 Å². The van der Waals surface area contributed by atoms with Gasteiger partial charge in [-0.3, -0.25) is 19.2 Å². The maximum atomic E-state index is 11.5. The number of carbonyl (C=O) groups excluding carboxylic acids is 4. The van der Waals surface area contributed by atoms with E-state index < -0.39 is 48.6 Å². The molecule has 26 heteroatoms. The van der Waals surface area contributed by atoms with Gasteiger partial charge in [-0.1, -0.05) is 162 Å². The topological polar surface area (TPSA) is 398 Å². The molecule has 0 aromatic heterocycles. The first-order valence-corrected chi connectivity index (χ1v) is 35.6. The van der Waals surface area contributed by atoms with Crippen molar-refractivity contribution in [2.45, 2.75) is 114 Å². The molecule has 0 saturated heterocycles. The van der Waals surface area contributed by atoms with E-state index in [1.807, 2.05) is 146 Å². The Morgan fingerprint density at radius 1 is 0.345 bits per heavy atom. The van der Waals surface area contributed by atoms with Crippen molar-refractivity contribution in [2.75, 3.05) is 69.1 Å². The highest BCUT2D eigenvalue weighted by Crippen LogP contribution is 2.35. The number of aliphatic hydroxyl groups excluding tert-OH is 4. The summed E-state index contributed by atoms with van der Waals surface area (Å²) in [6.45, 7) is 15.3. The van der Waals surface area contributed by atoms with Gasteiger partial charge in [-0.15, -0.1) is 0 Å². The maximum absolute atomic E-state index is 11.5. The van der Waals surface area contributed by atoms with Crippen molar-refractivity contribution in [3.05, 3.63) is 285 Å². The standard InChI is InChI=1S/C18H20O5.C18H22O4.C18H20O4.C9H10O4.2C9H10O3.C9H10O.3CH4.2H2O/c1-11-8-9-13(10-12(11)2)16(19)17(18(20)21)23-15-7-5-4-6-14(15)22-3;2*1-12-8-9-14(10-13(12)2)18(20)17(11-19)22-16-7-5-4-6-15(16)21-3;1-12-7-4-2-3-5-8(7)13-6-9(10)11;2*1-11-8-4-2-3-5-9(8)12-7-6-10;1-7-3-4-9(6-10)5-8(7)2;;;;;/h4-10,16-17,19H,1-3H3,(H,20,21);4-10,17-20H,11H2,1-3H3;4-11,17-18,20H,1-3H3;2-5H,6H2,1H3,(H,10,11);2*2-6H,7H2,1H3;3-6H,1-2H3;3*1H4;2*1H2.